The van der Waals surface area contributed by atoms with Gasteiger partial charge in [-0.15, -0.1) is 0 Å². The molecule has 0 aliphatic rings. The summed E-state index contributed by atoms with van der Waals surface area (Å²) in [5.74, 6) is -0.846. The highest BCUT2D eigenvalue weighted by atomic mass is 79.9. The molecule has 1 unspecified atom stereocenters. The number of alkyl halides is 1. The van der Waals surface area contributed by atoms with Gasteiger partial charge in [0.1, 0.15) is 0 Å². The van der Waals surface area contributed by atoms with E-state index in [1.807, 2.05) is 0 Å². The fourth-order valence-electron chi connectivity index (χ4n) is 0.774. The predicted octanol–water partition coefficient (Wildman–Crippen LogP) is 1.61. The van der Waals surface area contributed by atoms with Crippen LogP contribution < -0.4 is 0 Å². The van der Waals surface area contributed by atoms with E-state index >= 15 is 0 Å². The van der Waals surface area contributed by atoms with Gasteiger partial charge in [-0.1, -0.05) is 15.9 Å². The minimum atomic E-state index is -0.747. The van der Waals surface area contributed by atoms with Gasteiger partial charge in [0.05, 0.1) is 19.0 Å². The number of hydrogen-bond donors (Lipinski definition) is 0. The first-order valence-electron chi connectivity index (χ1n) is 3.93. The maximum absolute atomic E-state index is 12.4. The van der Waals surface area contributed by atoms with Crippen molar-refractivity contribution in [2.75, 3.05) is 6.61 Å². The number of nitrogens with zero attached hydrogens (tertiary/aromatic N) is 2. The van der Waals surface area contributed by atoms with E-state index in [0.717, 1.165) is 12.4 Å². The first-order chi connectivity index (χ1) is 6.65. The lowest BCUT2D eigenvalue weighted by Gasteiger charge is -2.06. The molecule has 1 aromatic rings. The molecule has 76 valence electrons. The number of carbonyl (C=O) groups excluding carboxylic acids is 1. The van der Waals surface area contributed by atoms with E-state index in [-0.39, 0.29) is 12.4 Å². The summed E-state index contributed by atoms with van der Waals surface area (Å²) in [6.07, 6.45) is 1.99. The fraction of sp³-hybridized carbons (Fsp3) is 0.375. The van der Waals surface area contributed by atoms with Gasteiger partial charge in [-0.3, -0.25) is 4.79 Å². The third-order valence-corrected chi connectivity index (χ3v) is 2.14. The van der Waals surface area contributed by atoms with E-state index in [2.05, 4.69) is 25.9 Å². The highest BCUT2D eigenvalue weighted by molar-refractivity contribution is 9.09. The van der Waals surface area contributed by atoms with Crippen molar-refractivity contribution in [1.29, 1.82) is 0 Å². The van der Waals surface area contributed by atoms with Crippen molar-refractivity contribution in [1.82, 2.24) is 9.97 Å². The van der Waals surface area contributed by atoms with Crippen molar-refractivity contribution in [3.8, 4) is 0 Å². The number of carbonyl (C=O) groups is 1. The number of hydrogen-bond acceptors (Lipinski definition) is 4. The molecule has 0 N–H and O–H groups in total. The first kappa shape index (κ1) is 11.0. The lowest BCUT2D eigenvalue weighted by atomic mass is 10.4. The third kappa shape index (κ3) is 2.73. The van der Waals surface area contributed by atoms with Crippen LogP contribution in [-0.4, -0.2) is 22.5 Å². The van der Waals surface area contributed by atoms with Crippen LogP contribution >= 0.6 is 15.9 Å². The topological polar surface area (TPSA) is 52.1 Å². The molecule has 1 heterocycles. The summed E-state index contributed by atoms with van der Waals surface area (Å²) in [7, 11) is 0. The van der Waals surface area contributed by atoms with Crippen molar-refractivity contribution in [3.05, 3.63) is 24.0 Å². The van der Waals surface area contributed by atoms with Crippen LogP contribution in [0.15, 0.2) is 12.4 Å². The Bertz CT molecular complexity index is 318. The summed E-state index contributed by atoms with van der Waals surface area (Å²) >= 11 is 3.05. The largest absolute Gasteiger partial charge is 0.465 e. The molecule has 0 saturated heterocycles. The van der Waals surface area contributed by atoms with Crippen molar-refractivity contribution in [3.63, 3.8) is 0 Å². The lowest BCUT2D eigenvalue weighted by molar-refractivity contribution is -0.142. The van der Waals surface area contributed by atoms with E-state index in [4.69, 9.17) is 4.74 Å². The number of esters is 1. The van der Waals surface area contributed by atoms with Crippen LogP contribution in [0.4, 0.5) is 4.39 Å². The summed E-state index contributed by atoms with van der Waals surface area (Å²) < 4.78 is 17.2. The molecule has 1 aromatic heterocycles. The van der Waals surface area contributed by atoms with Crippen LogP contribution in [0, 0.1) is 5.82 Å². The Kier molecular flexibility index (Phi) is 3.94. The summed E-state index contributed by atoms with van der Waals surface area (Å²) in [5, 5.41) is 0. The summed E-state index contributed by atoms with van der Waals surface area (Å²) in [6.45, 7) is 1.98. The molecule has 1 atom stereocenters. The average molecular weight is 263 g/mol. The standard InChI is InChI=1S/C8H8BrFN2O2/c1-2-14-8(13)6(9)7-11-3-5(10)4-12-7/h3-4,6H,2H2,1H3. The molecule has 0 aliphatic heterocycles. The van der Waals surface area contributed by atoms with Crippen LogP contribution in [0.5, 0.6) is 0 Å². The molecular weight excluding hydrogens is 255 g/mol. The highest BCUT2D eigenvalue weighted by Crippen LogP contribution is 2.19. The van der Waals surface area contributed by atoms with Gasteiger partial charge in [0.15, 0.2) is 16.5 Å². The Labute approximate surface area is 88.6 Å². The Morgan fingerprint density at radius 3 is 2.71 bits per heavy atom. The van der Waals surface area contributed by atoms with Gasteiger partial charge in [0.25, 0.3) is 0 Å². The zero-order valence-electron chi connectivity index (χ0n) is 7.41. The minimum Gasteiger partial charge on any atom is -0.465 e. The molecule has 0 fully saturated rings. The van der Waals surface area contributed by atoms with Crippen LogP contribution in [0.1, 0.15) is 17.6 Å². The summed E-state index contributed by atoms with van der Waals surface area (Å²) in [5.41, 5.74) is 0. The maximum atomic E-state index is 12.4. The SMILES string of the molecule is CCOC(=O)C(Br)c1ncc(F)cn1. The van der Waals surface area contributed by atoms with Crippen molar-refractivity contribution in [2.45, 2.75) is 11.8 Å². The van der Waals surface area contributed by atoms with E-state index in [1.54, 1.807) is 6.92 Å². The van der Waals surface area contributed by atoms with E-state index in [1.165, 1.54) is 0 Å². The van der Waals surface area contributed by atoms with Crippen LogP contribution in [0.2, 0.25) is 0 Å². The number of ether oxygens (including phenoxy) is 1. The summed E-state index contributed by atoms with van der Waals surface area (Å²) in [4.78, 5) is 17.7. The Morgan fingerprint density at radius 2 is 2.21 bits per heavy atom. The fourth-order valence-corrected chi connectivity index (χ4v) is 1.14. The second-order valence-corrected chi connectivity index (χ2v) is 3.29. The van der Waals surface area contributed by atoms with Crippen LogP contribution in [0.25, 0.3) is 0 Å². The predicted molar refractivity (Wildman–Crippen MR) is 50.3 cm³/mol. The minimum absolute atomic E-state index is 0.185. The number of rotatable bonds is 3. The average Bonchev–Trinajstić information content (AvgIpc) is 2.18. The molecule has 0 saturated carbocycles. The Hall–Kier alpha value is -1.04. The molecule has 1 rings (SSSR count). The van der Waals surface area contributed by atoms with Gasteiger partial charge >= 0.3 is 5.97 Å². The van der Waals surface area contributed by atoms with Crippen molar-refractivity contribution < 1.29 is 13.9 Å². The molecule has 0 aliphatic carbocycles. The maximum Gasteiger partial charge on any atom is 0.327 e. The van der Waals surface area contributed by atoms with E-state index in [0.29, 0.717) is 0 Å². The molecule has 0 amide bonds. The lowest BCUT2D eigenvalue weighted by Crippen LogP contribution is -2.13. The van der Waals surface area contributed by atoms with Crippen LogP contribution in [0.3, 0.4) is 0 Å². The molecule has 14 heavy (non-hydrogen) atoms. The van der Waals surface area contributed by atoms with Gasteiger partial charge in [-0.2, -0.15) is 0 Å². The highest BCUT2D eigenvalue weighted by Gasteiger charge is 2.20. The van der Waals surface area contributed by atoms with Gasteiger partial charge < -0.3 is 4.74 Å². The zero-order valence-corrected chi connectivity index (χ0v) is 8.99. The van der Waals surface area contributed by atoms with Gasteiger partial charge in [-0.05, 0) is 6.92 Å². The first-order valence-corrected chi connectivity index (χ1v) is 4.85. The van der Waals surface area contributed by atoms with Gasteiger partial charge in [-0.25, -0.2) is 14.4 Å². The molecule has 0 radical (unpaired) electrons. The number of halogens is 2. The van der Waals surface area contributed by atoms with Gasteiger partial charge in [0.2, 0.25) is 0 Å². The molecule has 0 bridgehead atoms. The van der Waals surface area contributed by atoms with E-state index in [9.17, 15) is 9.18 Å². The normalized spacial score (nSPS) is 12.2. The quantitative estimate of drug-likeness (QED) is 0.614. The van der Waals surface area contributed by atoms with Gasteiger partial charge in [0, 0.05) is 0 Å². The Balaban J connectivity index is 2.73. The van der Waals surface area contributed by atoms with Crippen LogP contribution in [-0.2, 0) is 9.53 Å². The Morgan fingerprint density at radius 1 is 1.64 bits per heavy atom. The second kappa shape index (κ2) is 4.99. The van der Waals surface area contributed by atoms with E-state index < -0.39 is 16.6 Å². The van der Waals surface area contributed by atoms with Crippen molar-refractivity contribution >= 4 is 21.9 Å². The van der Waals surface area contributed by atoms with Crippen molar-refractivity contribution in [2.24, 2.45) is 0 Å². The molecule has 0 aromatic carbocycles. The molecule has 0 spiro atoms. The molecule has 4 nitrogen and oxygen atoms in total. The molecular formula is C8H8BrFN2O2. The smallest absolute Gasteiger partial charge is 0.327 e. The molecule has 6 heteroatoms. The monoisotopic (exact) mass is 262 g/mol. The second-order valence-electron chi connectivity index (χ2n) is 2.37. The number of aromatic nitrogens is 2. The summed E-state index contributed by atoms with van der Waals surface area (Å²) in [6, 6.07) is 0. The third-order valence-electron chi connectivity index (χ3n) is 1.36. The zero-order chi connectivity index (χ0) is 10.6.